The highest BCUT2D eigenvalue weighted by atomic mass is 16.5. The van der Waals surface area contributed by atoms with Gasteiger partial charge in [-0.2, -0.15) is 0 Å². The Morgan fingerprint density at radius 2 is 2.29 bits per heavy atom. The van der Waals surface area contributed by atoms with Gasteiger partial charge in [0.05, 0.1) is 12.5 Å². The van der Waals surface area contributed by atoms with Crippen LogP contribution in [-0.2, 0) is 14.3 Å². The Morgan fingerprint density at radius 3 is 2.79 bits per heavy atom. The Labute approximate surface area is 84.1 Å². The fourth-order valence-corrected chi connectivity index (χ4v) is 1.94. The molecule has 78 valence electrons. The molecule has 0 amide bonds. The van der Waals surface area contributed by atoms with E-state index in [-0.39, 0.29) is 23.6 Å². The molecule has 0 saturated carbocycles. The van der Waals surface area contributed by atoms with Crippen molar-refractivity contribution >= 4 is 11.8 Å². The van der Waals surface area contributed by atoms with Gasteiger partial charge in [0, 0.05) is 6.42 Å². The third-order valence-corrected chi connectivity index (χ3v) is 2.51. The summed E-state index contributed by atoms with van der Waals surface area (Å²) in [4.78, 5) is 22.7. The summed E-state index contributed by atoms with van der Waals surface area (Å²) in [5.41, 5.74) is 0.826. The van der Waals surface area contributed by atoms with E-state index in [1.165, 1.54) is 0 Å². The van der Waals surface area contributed by atoms with Crippen molar-refractivity contribution in [2.45, 2.75) is 27.2 Å². The van der Waals surface area contributed by atoms with Crippen molar-refractivity contribution in [2.24, 2.45) is 11.8 Å². The van der Waals surface area contributed by atoms with Gasteiger partial charge in [-0.15, -0.1) is 0 Å². The number of allylic oxidation sites excluding steroid dienone is 1. The zero-order valence-corrected chi connectivity index (χ0v) is 8.87. The molecule has 1 aliphatic rings. The SMILES string of the molecule is CCOC(=O)[C@H]1C(C)=CC(=O)C[C@@H]1C. The molecule has 0 spiro atoms. The van der Waals surface area contributed by atoms with Crippen molar-refractivity contribution in [3.8, 4) is 0 Å². The predicted octanol–water partition coefficient (Wildman–Crippen LogP) is 1.72. The van der Waals surface area contributed by atoms with Crippen LogP contribution in [-0.4, -0.2) is 18.4 Å². The fraction of sp³-hybridized carbons (Fsp3) is 0.636. The van der Waals surface area contributed by atoms with Crippen LogP contribution in [0.4, 0.5) is 0 Å². The molecule has 3 heteroatoms. The molecule has 0 saturated heterocycles. The highest BCUT2D eigenvalue weighted by Gasteiger charge is 2.32. The fourth-order valence-electron chi connectivity index (χ4n) is 1.94. The molecule has 3 nitrogen and oxygen atoms in total. The molecule has 0 unspecified atom stereocenters. The minimum Gasteiger partial charge on any atom is -0.466 e. The van der Waals surface area contributed by atoms with E-state index in [9.17, 15) is 9.59 Å². The Bertz CT molecular complexity index is 278. The van der Waals surface area contributed by atoms with Crippen molar-refractivity contribution in [2.75, 3.05) is 6.61 Å². The minimum atomic E-state index is -0.229. The van der Waals surface area contributed by atoms with Crippen LogP contribution in [0.2, 0.25) is 0 Å². The zero-order valence-electron chi connectivity index (χ0n) is 8.87. The Kier molecular flexibility index (Phi) is 3.44. The van der Waals surface area contributed by atoms with Crippen molar-refractivity contribution < 1.29 is 14.3 Å². The molecule has 0 N–H and O–H groups in total. The maximum Gasteiger partial charge on any atom is 0.313 e. The Hall–Kier alpha value is -1.12. The first-order chi connectivity index (χ1) is 6.56. The number of ether oxygens (including phenoxy) is 1. The average Bonchev–Trinajstić information content (AvgIpc) is 2.01. The molecular weight excluding hydrogens is 180 g/mol. The summed E-state index contributed by atoms with van der Waals surface area (Å²) in [6, 6.07) is 0. The Morgan fingerprint density at radius 1 is 1.64 bits per heavy atom. The van der Waals surface area contributed by atoms with Gasteiger partial charge in [0.15, 0.2) is 5.78 Å². The quantitative estimate of drug-likeness (QED) is 0.631. The third kappa shape index (κ3) is 2.22. The van der Waals surface area contributed by atoms with Gasteiger partial charge in [-0.05, 0) is 25.8 Å². The second-order valence-corrected chi connectivity index (χ2v) is 3.77. The molecule has 0 radical (unpaired) electrons. The number of hydrogen-bond acceptors (Lipinski definition) is 3. The van der Waals surface area contributed by atoms with E-state index in [0.717, 1.165) is 5.57 Å². The van der Waals surface area contributed by atoms with E-state index in [4.69, 9.17) is 4.74 Å². The van der Waals surface area contributed by atoms with Crippen molar-refractivity contribution in [1.29, 1.82) is 0 Å². The van der Waals surface area contributed by atoms with E-state index in [2.05, 4.69) is 0 Å². The van der Waals surface area contributed by atoms with Crippen LogP contribution < -0.4 is 0 Å². The largest absolute Gasteiger partial charge is 0.466 e. The van der Waals surface area contributed by atoms with Crippen LogP contribution in [0.5, 0.6) is 0 Å². The van der Waals surface area contributed by atoms with E-state index < -0.39 is 0 Å². The maximum absolute atomic E-state index is 11.6. The molecule has 1 aliphatic carbocycles. The molecule has 0 aromatic rings. The molecule has 14 heavy (non-hydrogen) atoms. The predicted molar refractivity (Wildman–Crippen MR) is 52.7 cm³/mol. The Balaban J connectivity index is 2.81. The number of esters is 1. The highest BCUT2D eigenvalue weighted by molar-refractivity contribution is 5.94. The van der Waals surface area contributed by atoms with Gasteiger partial charge in [-0.1, -0.05) is 12.5 Å². The lowest BCUT2D eigenvalue weighted by Crippen LogP contribution is -2.30. The summed E-state index contributed by atoms with van der Waals surface area (Å²) in [5, 5.41) is 0. The van der Waals surface area contributed by atoms with Gasteiger partial charge >= 0.3 is 5.97 Å². The summed E-state index contributed by atoms with van der Waals surface area (Å²) in [5.74, 6) is -0.268. The van der Waals surface area contributed by atoms with Crippen LogP contribution in [0.3, 0.4) is 0 Å². The van der Waals surface area contributed by atoms with Gasteiger partial charge in [-0.3, -0.25) is 9.59 Å². The summed E-state index contributed by atoms with van der Waals surface area (Å²) >= 11 is 0. The summed E-state index contributed by atoms with van der Waals surface area (Å²) in [6.07, 6.45) is 2.00. The van der Waals surface area contributed by atoms with E-state index in [1.54, 1.807) is 13.0 Å². The van der Waals surface area contributed by atoms with E-state index in [1.807, 2.05) is 13.8 Å². The zero-order chi connectivity index (χ0) is 10.7. The van der Waals surface area contributed by atoms with Gasteiger partial charge in [0.1, 0.15) is 0 Å². The lowest BCUT2D eigenvalue weighted by molar-refractivity contribution is -0.148. The first kappa shape index (κ1) is 11.0. The van der Waals surface area contributed by atoms with Crippen molar-refractivity contribution in [3.63, 3.8) is 0 Å². The average molecular weight is 196 g/mol. The maximum atomic E-state index is 11.6. The van der Waals surface area contributed by atoms with Crippen LogP contribution in [0.1, 0.15) is 27.2 Å². The van der Waals surface area contributed by atoms with Gasteiger partial charge in [0.25, 0.3) is 0 Å². The number of carbonyl (C=O) groups is 2. The molecule has 2 atom stereocenters. The van der Waals surface area contributed by atoms with Crippen LogP contribution >= 0.6 is 0 Å². The summed E-state index contributed by atoms with van der Waals surface area (Å²) in [6.45, 7) is 5.91. The second-order valence-electron chi connectivity index (χ2n) is 3.77. The molecule has 0 aromatic heterocycles. The highest BCUT2D eigenvalue weighted by Crippen LogP contribution is 2.29. The minimum absolute atomic E-state index is 0.0616. The smallest absolute Gasteiger partial charge is 0.313 e. The molecule has 0 fully saturated rings. The van der Waals surface area contributed by atoms with Crippen molar-refractivity contribution in [3.05, 3.63) is 11.6 Å². The molecule has 0 aliphatic heterocycles. The lowest BCUT2D eigenvalue weighted by Gasteiger charge is -2.25. The lowest BCUT2D eigenvalue weighted by atomic mass is 9.79. The topological polar surface area (TPSA) is 43.4 Å². The van der Waals surface area contributed by atoms with Gasteiger partial charge in [-0.25, -0.2) is 0 Å². The molecule has 1 rings (SSSR count). The molecule has 0 heterocycles. The van der Waals surface area contributed by atoms with Gasteiger partial charge < -0.3 is 4.74 Å². The van der Waals surface area contributed by atoms with E-state index in [0.29, 0.717) is 13.0 Å². The first-order valence-corrected chi connectivity index (χ1v) is 4.94. The first-order valence-electron chi connectivity index (χ1n) is 4.94. The van der Waals surface area contributed by atoms with Crippen LogP contribution in [0.25, 0.3) is 0 Å². The third-order valence-electron chi connectivity index (χ3n) is 2.51. The standard InChI is InChI=1S/C11H16O3/c1-4-14-11(13)10-7(2)5-9(12)6-8(10)3/h5,8,10H,4,6H2,1-3H3/t8-,10-/m0/s1. The molecule has 0 aromatic carbocycles. The number of hydrogen-bond donors (Lipinski definition) is 0. The van der Waals surface area contributed by atoms with Crippen LogP contribution in [0.15, 0.2) is 11.6 Å². The molecule has 0 bridgehead atoms. The van der Waals surface area contributed by atoms with E-state index >= 15 is 0 Å². The number of carbonyl (C=O) groups excluding carboxylic acids is 2. The summed E-state index contributed by atoms with van der Waals surface area (Å²) < 4.78 is 4.97. The van der Waals surface area contributed by atoms with Crippen LogP contribution in [0, 0.1) is 11.8 Å². The normalized spacial score (nSPS) is 27.1. The number of rotatable bonds is 2. The van der Waals surface area contributed by atoms with Crippen molar-refractivity contribution in [1.82, 2.24) is 0 Å². The summed E-state index contributed by atoms with van der Waals surface area (Å²) in [7, 11) is 0. The van der Waals surface area contributed by atoms with Gasteiger partial charge in [0.2, 0.25) is 0 Å². The monoisotopic (exact) mass is 196 g/mol. The second kappa shape index (κ2) is 4.40. The number of ketones is 1. The molecular formula is C11H16O3.